The van der Waals surface area contributed by atoms with Gasteiger partial charge in [0.25, 0.3) is 0 Å². The molecule has 0 aliphatic rings. The minimum absolute atomic E-state index is 0.0920. The van der Waals surface area contributed by atoms with Gasteiger partial charge in [0, 0.05) is 11.9 Å². The number of nitrogens with zero attached hydrogens (tertiary/aromatic N) is 2. The average Bonchev–Trinajstić information content (AvgIpc) is 2.03. The summed E-state index contributed by atoms with van der Waals surface area (Å²) in [6.45, 7) is 1.91. The molecular weight excluding hydrogens is 176 g/mol. The Morgan fingerprint density at radius 3 is 2.58 bits per heavy atom. The SMILES string of the molecule is CCc1cc(S(C)(=O)=O)ncn1. The predicted octanol–water partition coefficient (Wildman–Crippen LogP) is 0.443. The molecular formula is C7H10N2O2S. The molecule has 4 nitrogen and oxygen atoms in total. The molecule has 0 aliphatic carbocycles. The standard InChI is InChI=1S/C7H10N2O2S/c1-3-6-4-7(9-5-8-6)12(2,10)11/h4-5H,3H2,1-2H3. The van der Waals surface area contributed by atoms with Crippen LogP contribution in [0, 0.1) is 0 Å². The maximum Gasteiger partial charge on any atom is 0.192 e. The van der Waals surface area contributed by atoms with E-state index in [2.05, 4.69) is 9.97 Å². The molecule has 1 rings (SSSR count). The summed E-state index contributed by atoms with van der Waals surface area (Å²) in [4.78, 5) is 7.56. The number of rotatable bonds is 2. The number of hydrogen-bond donors (Lipinski definition) is 0. The first-order valence-corrected chi connectivity index (χ1v) is 5.44. The lowest BCUT2D eigenvalue weighted by molar-refractivity contribution is 0.597. The Kier molecular flexibility index (Phi) is 2.42. The van der Waals surface area contributed by atoms with Crippen LogP contribution in [0.15, 0.2) is 17.4 Å². The van der Waals surface area contributed by atoms with Gasteiger partial charge in [-0.3, -0.25) is 0 Å². The summed E-state index contributed by atoms with van der Waals surface area (Å²) >= 11 is 0. The van der Waals surface area contributed by atoms with Crippen molar-refractivity contribution in [2.24, 2.45) is 0 Å². The molecule has 5 heteroatoms. The lowest BCUT2D eigenvalue weighted by atomic mass is 10.3. The van der Waals surface area contributed by atoms with Gasteiger partial charge >= 0.3 is 0 Å². The van der Waals surface area contributed by atoms with Crippen LogP contribution in [-0.2, 0) is 16.3 Å². The fraction of sp³-hybridized carbons (Fsp3) is 0.429. The fourth-order valence-electron chi connectivity index (χ4n) is 0.773. The van der Waals surface area contributed by atoms with Crippen molar-refractivity contribution < 1.29 is 8.42 Å². The van der Waals surface area contributed by atoms with E-state index in [0.29, 0.717) is 6.42 Å². The molecule has 0 saturated carbocycles. The van der Waals surface area contributed by atoms with Crippen molar-refractivity contribution in [3.63, 3.8) is 0 Å². The molecule has 0 spiro atoms. The van der Waals surface area contributed by atoms with E-state index < -0.39 is 9.84 Å². The minimum Gasteiger partial charge on any atom is -0.241 e. The zero-order chi connectivity index (χ0) is 9.19. The molecule has 0 atom stereocenters. The third-order valence-electron chi connectivity index (χ3n) is 1.44. The Labute approximate surface area is 71.6 Å². The molecule has 12 heavy (non-hydrogen) atoms. The summed E-state index contributed by atoms with van der Waals surface area (Å²) in [5, 5.41) is 0.0920. The van der Waals surface area contributed by atoms with E-state index in [4.69, 9.17) is 0 Å². The molecule has 1 aromatic rings. The molecule has 0 aliphatic heterocycles. The van der Waals surface area contributed by atoms with E-state index in [0.717, 1.165) is 11.9 Å². The zero-order valence-corrected chi connectivity index (χ0v) is 7.80. The van der Waals surface area contributed by atoms with E-state index in [1.807, 2.05) is 6.92 Å². The topological polar surface area (TPSA) is 59.9 Å². The third kappa shape index (κ3) is 2.01. The second-order valence-electron chi connectivity index (χ2n) is 2.47. The number of aromatic nitrogens is 2. The third-order valence-corrected chi connectivity index (χ3v) is 2.42. The van der Waals surface area contributed by atoms with Crippen molar-refractivity contribution in [3.8, 4) is 0 Å². The zero-order valence-electron chi connectivity index (χ0n) is 6.98. The van der Waals surface area contributed by atoms with Gasteiger partial charge < -0.3 is 0 Å². The number of sulfone groups is 1. The fourth-order valence-corrected chi connectivity index (χ4v) is 1.36. The van der Waals surface area contributed by atoms with Crippen LogP contribution in [-0.4, -0.2) is 24.6 Å². The van der Waals surface area contributed by atoms with Gasteiger partial charge in [-0.05, 0) is 12.5 Å². The van der Waals surface area contributed by atoms with Gasteiger partial charge in [0.2, 0.25) is 0 Å². The smallest absolute Gasteiger partial charge is 0.192 e. The Bertz CT molecular complexity index is 373. The van der Waals surface area contributed by atoms with Crippen molar-refractivity contribution in [1.29, 1.82) is 0 Å². The van der Waals surface area contributed by atoms with Gasteiger partial charge in [-0.2, -0.15) is 0 Å². The first-order chi connectivity index (χ1) is 5.54. The summed E-state index contributed by atoms with van der Waals surface area (Å²) in [7, 11) is -3.19. The molecule has 0 unspecified atom stereocenters. The summed E-state index contributed by atoms with van der Waals surface area (Å²) in [5.74, 6) is 0. The Morgan fingerprint density at radius 2 is 2.08 bits per heavy atom. The van der Waals surface area contributed by atoms with E-state index in [-0.39, 0.29) is 5.03 Å². The lowest BCUT2D eigenvalue weighted by Gasteiger charge is -1.98. The van der Waals surface area contributed by atoms with Gasteiger partial charge in [0.1, 0.15) is 6.33 Å². The summed E-state index contributed by atoms with van der Waals surface area (Å²) in [6, 6.07) is 1.50. The van der Waals surface area contributed by atoms with Crippen LogP contribution in [0.25, 0.3) is 0 Å². The lowest BCUT2D eigenvalue weighted by Crippen LogP contribution is -2.02. The largest absolute Gasteiger partial charge is 0.241 e. The molecule has 0 amide bonds. The number of aryl methyl sites for hydroxylation is 1. The quantitative estimate of drug-likeness (QED) is 0.629. The highest BCUT2D eigenvalue weighted by Gasteiger charge is 2.08. The van der Waals surface area contributed by atoms with Crippen molar-refractivity contribution >= 4 is 9.84 Å². The summed E-state index contributed by atoms with van der Waals surface area (Å²) in [6.07, 6.45) is 3.12. The van der Waals surface area contributed by atoms with Crippen LogP contribution in [0.5, 0.6) is 0 Å². The van der Waals surface area contributed by atoms with Gasteiger partial charge in [-0.1, -0.05) is 6.92 Å². The maximum absolute atomic E-state index is 11.0. The highest BCUT2D eigenvalue weighted by molar-refractivity contribution is 7.90. The van der Waals surface area contributed by atoms with Crippen LogP contribution < -0.4 is 0 Å². The molecule has 1 heterocycles. The highest BCUT2D eigenvalue weighted by Crippen LogP contribution is 2.05. The minimum atomic E-state index is -3.19. The van der Waals surface area contributed by atoms with Crippen LogP contribution in [0.2, 0.25) is 0 Å². The van der Waals surface area contributed by atoms with Gasteiger partial charge in [-0.15, -0.1) is 0 Å². The van der Waals surface area contributed by atoms with E-state index in [1.165, 1.54) is 12.4 Å². The molecule has 0 N–H and O–H groups in total. The summed E-state index contributed by atoms with van der Waals surface area (Å²) in [5.41, 5.74) is 0.741. The molecule has 0 saturated heterocycles. The Hall–Kier alpha value is -0.970. The molecule has 0 aromatic carbocycles. The van der Waals surface area contributed by atoms with Gasteiger partial charge in [-0.25, -0.2) is 18.4 Å². The van der Waals surface area contributed by atoms with Crippen molar-refractivity contribution in [3.05, 3.63) is 18.1 Å². The normalized spacial score (nSPS) is 11.5. The second kappa shape index (κ2) is 3.18. The Balaban J connectivity index is 3.20. The average molecular weight is 186 g/mol. The van der Waals surface area contributed by atoms with E-state index >= 15 is 0 Å². The monoisotopic (exact) mass is 186 g/mol. The molecule has 66 valence electrons. The highest BCUT2D eigenvalue weighted by atomic mass is 32.2. The van der Waals surface area contributed by atoms with Crippen LogP contribution in [0.3, 0.4) is 0 Å². The van der Waals surface area contributed by atoms with E-state index in [9.17, 15) is 8.42 Å². The van der Waals surface area contributed by atoms with Crippen molar-refractivity contribution in [2.45, 2.75) is 18.4 Å². The summed E-state index contributed by atoms with van der Waals surface area (Å²) < 4.78 is 22.0. The molecule has 0 bridgehead atoms. The molecule has 1 aromatic heterocycles. The first-order valence-electron chi connectivity index (χ1n) is 3.55. The predicted molar refractivity (Wildman–Crippen MR) is 44.5 cm³/mol. The second-order valence-corrected chi connectivity index (χ2v) is 4.44. The number of hydrogen-bond acceptors (Lipinski definition) is 4. The van der Waals surface area contributed by atoms with Crippen molar-refractivity contribution in [1.82, 2.24) is 9.97 Å². The van der Waals surface area contributed by atoms with E-state index in [1.54, 1.807) is 0 Å². The molecule has 0 fully saturated rings. The van der Waals surface area contributed by atoms with Crippen LogP contribution in [0.1, 0.15) is 12.6 Å². The van der Waals surface area contributed by atoms with Crippen molar-refractivity contribution in [2.75, 3.05) is 6.26 Å². The van der Waals surface area contributed by atoms with Crippen LogP contribution in [0.4, 0.5) is 0 Å². The van der Waals surface area contributed by atoms with Crippen LogP contribution >= 0.6 is 0 Å². The van der Waals surface area contributed by atoms with Gasteiger partial charge in [0.15, 0.2) is 14.9 Å². The first kappa shape index (κ1) is 9.12. The maximum atomic E-state index is 11.0. The van der Waals surface area contributed by atoms with Gasteiger partial charge in [0.05, 0.1) is 0 Å². The molecule has 0 radical (unpaired) electrons. The Morgan fingerprint density at radius 1 is 1.42 bits per heavy atom.